The van der Waals surface area contributed by atoms with Gasteiger partial charge in [-0.2, -0.15) is 5.26 Å². The van der Waals surface area contributed by atoms with E-state index in [0.717, 1.165) is 30.4 Å². The molecule has 0 atom stereocenters. The molecule has 4 heteroatoms. The molecule has 0 aliphatic heterocycles. The predicted molar refractivity (Wildman–Crippen MR) is 58.9 cm³/mol. The minimum Gasteiger partial charge on any atom is -0.465 e. The summed E-state index contributed by atoms with van der Waals surface area (Å²) in [5.41, 5.74) is 9.18. The molecule has 0 radical (unpaired) electrons. The smallest absolute Gasteiger partial charge is 0.340 e. The van der Waals surface area contributed by atoms with Gasteiger partial charge in [0.1, 0.15) is 0 Å². The Morgan fingerprint density at radius 2 is 2.19 bits per heavy atom. The van der Waals surface area contributed by atoms with Crippen molar-refractivity contribution in [2.75, 3.05) is 12.8 Å². The summed E-state index contributed by atoms with van der Waals surface area (Å²) in [6.07, 6.45) is 2.68. The van der Waals surface area contributed by atoms with Crippen molar-refractivity contribution in [3.05, 3.63) is 28.3 Å². The van der Waals surface area contributed by atoms with Gasteiger partial charge in [-0.3, -0.25) is 0 Å². The average molecular weight is 216 g/mol. The Bertz CT molecular complexity index is 501. The molecule has 0 fully saturated rings. The Balaban J connectivity index is 2.66. The second kappa shape index (κ2) is 3.86. The molecule has 0 saturated heterocycles. The standard InChI is InChI=1S/C12H12N2O2/c1-16-12(15)10-5-7(6-13)8-3-2-4-9(8)11(10)14/h5H,2-4,14H2,1H3. The van der Waals surface area contributed by atoms with Crippen LogP contribution in [0.3, 0.4) is 0 Å². The summed E-state index contributed by atoms with van der Waals surface area (Å²) in [5, 5.41) is 9.03. The molecule has 1 aliphatic carbocycles. The normalized spacial score (nSPS) is 13.0. The Hall–Kier alpha value is -2.02. The molecule has 0 bridgehead atoms. The molecule has 0 amide bonds. The van der Waals surface area contributed by atoms with Crippen LogP contribution in [0.25, 0.3) is 0 Å². The van der Waals surface area contributed by atoms with Crippen molar-refractivity contribution in [2.45, 2.75) is 19.3 Å². The molecule has 82 valence electrons. The number of benzene rings is 1. The van der Waals surface area contributed by atoms with Crippen molar-refractivity contribution in [1.29, 1.82) is 5.26 Å². The zero-order valence-corrected chi connectivity index (χ0v) is 9.04. The quantitative estimate of drug-likeness (QED) is 0.569. The number of carbonyl (C=O) groups is 1. The highest BCUT2D eigenvalue weighted by molar-refractivity contribution is 5.96. The van der Waals surface area contributed by atoms with E-state index >= 15 is 0 Å². The van der Waals surface area contributed by atoms with E-state index in [9.17, 15) is 4.79 Å². The van der Waals surface area contributed by atoms with E-state index in [2.05, 4.69) is 10.8 Å². The predicted octanol–water partition coefficient (Wildman–Crippen LogP) is 1.42. The van der Waals surface area contributed by atoms with Gasteiger partial charge in [-0.15, -0.1) is 0 Å². The van der Waals surface area contributed by atoms with Gasteiger partial charge in [0, 0.05) is 5.69 Å². The van der Waals surface area contributed by atoms with E-state index < -0.39 is 5.97 Å². The number of hydrogen-bond acceptors (Lipinski definition) is 4. The zero-order chi connectivity index (χ0) is 11.7. The lowest BCUT2D eigenvalue weighted by molar-refractivity contribution is 0.0602. The first-order valence-electron chi connectivity index (χ1n) is 5.11. The number of carbonyl (C=O) groups excluding carboxylic acids is 1. The van der Waals surface area contributed by atoms with Crippen LogP contribution in [-0.4, -0.2) is 13.1 Å². The monoisotopic (exact) mass is 216 g/mol. The van der Waals surface area contributed by atoms with Gasteiger partial charge in [0.05, 0.1) is 24.3 Å². The summed E-state index contributed by atoms with van der Waals surface area (Å²) >= 11 is 0. The van der Waals surface area contributed by atoms with Crippen LogP contribution in [0.15, 0.2) is 6.07 Å². The third kappa shape index (κ3) is 1.41. The lowest BCUT2D eigenvalue weighted by Gasteiger charge is -2.10. The molecular weight excluding hydrogens is 204 g/mol. The average Bonchev–Trinajstić information content (AvgIpc) is 2.78. The Morgan fingerprint density at radius 1 is 1.50 bits per heavy atom. The van der Waals surface area contributed by atoms with Crippen molar-refractivity contribution < 1.29 is 9.53 Å². The maximum atomic E-state index is 11.5. The van der Waals surface area contributed by atoms with Gasteiger partial charge in [-0.05, 0) is 36.5 Å². The number of rotatable bonds is 1. The number of esters is 1. The second-order valence-electron chi connectivity index (χ2n) is 3.80. The molecule has 0 unspecified atom stereocenters. The summed E-state index contributed by atoms with van der Waals surface area (Å²) in [7, 11) is 1.31. The number of hydrogen-bond donors (Lipinski definition) is 1. The van der Waals surface area contributed by atoms with Crippen molar-refractivity contribution in [3.63, 3.8) is 0 Å². The van der Waals surface area contributed by atoms with Crippen molar-refractivity contribution in [2.24, 2.45) is 0 Å². The van der Waals surface area contributed by atoms with Crippen molar-refractivity contribution >= 4 is 11.7 Å². The lowest BCUT2D eigenvalue weighted by atomic mass is 9.98. The molecule has 0 saturated carbocycles. The summed E-state index contributed by atoms with van der Waals surface area (Å²) in [6, 6.07) is 3.64. The van der Waals surface area contributed by atoms with Crippen LogP contribution in [0, 0.1) is 11.3 Å². The molecule has 16 heavy (non-hydrogen) atoms. The number of nitrogen functional groups attached to an aromatic ring is 1. The van der Waals surface area contributed by atoms with Gasteiger partial charge >= 0.3 is 5.97 Å². The number of nitriles is 1. The first kappa shape index (κ1) is 10.5. The molecule has 0 aromatic heterocycles. The maximum Gasteiger partial charge on any atom is 0.340 e. The Morgan fingerprint density at radius 3 is 2.81 bits per heavy atom. The van der Waals surface area contributed by atoms with Crippen LogP contribution >= 0.6 is 0 Å². The molecule has 0 heterocycles. The molecule has 1 aliphatic rings. The highest BCUT2D eigenvalue weighted by atomic mass is 16.5. The number of nitrogens with zero attached hydrogens (tertiary/aromatic N) is 1. The molecule has 2 N–H and O–H groups in total. The molecule has 0 spiro atoms. The third-order valence-corrected chi connectivity index (χ3v) is 2.97. The van der Waals surface area contributed by atoms with Gasteiger partial charge in [0.2, 0.25) is 0 Å². The van der Waals surface area contributed by atoms with Crippen molar-refractivity contribution in [1.82, 2.24) is 0 Å². The third-order valence-electron chi connectivity index (χ3n) is 2.97. The zero-order valence-electron chi connectivity index (χ0n) is 9.04. The second-order valence-corrected chi connectivity index (χ2v) is 3.80. The van der Waals surface area contributed by atoms with Gasteiger partial charge < -0.3 is 10.5 Å². The molecular formula is C12H12N2O2. The fourth-order valence-electron chi connectivity index (χ4n) is 2.19. The first-order valence-corrected chi connectivity index (χ1v) is 5.11. The van der Waals surface area contributed by atoms with Gasteiger partial charge in [-0.25, -0.2) is 4.79 Å². The largest absolute Gasteiger partial charge is 0.465 e. The van der Waals surface area contributed by atoms with Crippen LogP contribution < -0.4 is 5.73 Å². The number of nitrogens with two attached hydrogens (primary N) is 1. The number of methoxy groups -OCH3 is 1. The number of fused-ring (bicyclic) bond motifs is 1. The summed E-state index contributed by atoms with van der Waals surface area (Å²) in [4.78, 5) is 11.5. The molecule has 1 aromatic rings. The van der Waals surface area contributed by atoms with E-state index in [4.69, 9.17) is 11.0 Å². The topological polar surface area (TPSA) is 76.1 Å². The molecule has 4 nitrogen and oxygen atoms in total. The molecule has 1 aromatic carbocycles. The highest BCUT2D eigenvalue weighted by Crippen LogP contribution is 2.32. The highest BCUT2D eigenvalue weighted by Gasteiger charge is 2.23. The molecule has 2 rings (SSSR count). The van der Waals surface area contributed by atoms with E-state index in [1.165, 1.54) is 13.2 Å². The van der Waals surface area contributed by atoms with E-state index in [0.29, 0.717) is 16.8 Å². The van der Waals surface area contributed by atoms with Gasteiger partial charge in [-0.1, -0.05) is 0 Å². The SMILES string of the molecule is COC(=O)c1cc(C#N)c2c(c1N)CCC2. The van der Waals surface area contributed by atoms with Crippen LogP contribution in [0.5, 0.6) is 0 Å². The van der Waals surface area contributed by atoms with Crippen LogP contribution in [0.2, 0.25) is 0 Å². The number of ether oxygens (including phenoxy) is 1. The summed E-state index contributed by atoms with van der Waals surface area (Å²) in [6.45, 7) is 0. The van der Waals surface area contributed by atoms with Crippen LogP contribution in [0.1, 0.15) is 33.5 Å². The Labute approximate surface area is 93.6 Å². The van der Waals surface area contributed by atoms with Crippen LogP contribution in [-0.2, 0) is 17.6 Å². The van der Waals surface area contributed by atoms with Crippen molar-refractivity contribution in [3.8, 4) is 6.07 Å². The fourth-order valence-corrected chi connectivity index (χ4v) is 2.19. The van der Waals surface area contributed by atoms with Gasteiger partial charge in [0.25, 0.3) is 0 Å². The fraction of sp³-hybridized carbons (Fsp3) is 0.333. The van der Waals surface area contributed by atoms with Gasteiger partial charge in [0.15, 0.2) is 0 Å². The summed E-state index contributed by atoms with van der Waals surface area (Å²) in [5.74, 6) is -0.483. The lowest BCUT2D eigenvalue weighted by Crippen LogP contribution is -2.09. The van der Waals surface area contributed by atoms with E-state index in [-0.39, 0.29) is 0 Å². The van der Waals surface area contributed by atoms with Crippen LogP contribution in [0.4, 0.5) is 5.69 Å². The summed E-state index contributed by atoms with van der Waals surface area (Å²) < 4.78 is 4.65. The minimum absolute atomic E-state index is 0.305. The Kier molecular flexibility index (Phi) is 2.53. The maximum absolute atomic E-state index is 11.5. The first-order chi connectivity index (χ1) is 7.69. The van der Waals surface area contributed by atoms with E-state index in [1.807, 2.05) is 0 Å². The minimum atomic E-state index is -0.483. The van der Waals surface area contributed by atoms with E-state index in [1.54, 1.807) is 0 Å². The number of anilines is 1.